The minimum atomic E-state index is -0.236. The molecule has 0 unspecified atom stereocenters. The van der Waals surface area contributed by atoms with Crippen LogP contribution >= 0.6 is 0 Å². The maximum Gasteiger partial charge on any atom is 0.273 e. The summed E-state index contributed by atoms with van der Waals surface area (Å²) in [5, 5.41) is 12.9. The Morgan fingerprint density at radius 2 is 2.11 bits per heavy atom. The average Bonchev–Trinajstić information content (AvgIpc) is 2.65. The molecule has 1 aromatic carbocycles. The number of pyridine rings is 1. The molecule has 0 aliphatic heterocycles. The number of hydrogen-bond acceptors (Lipinski definition) is 4. The second-order valence-corrected chi connectivity index (χ2v) is 4.31. The van der Waals surface area contributed by atoms with Crippen molar-refractivity contribution in [2.24, 2.45) is 7.05 Å². The highest BCUT2D eigenvalue weighted by Crippen LogP contribution is 2.32. The van der Waals surface area contributed by atoms with E-state index in [0.717, 1.165) is 0 Å². The molecule has 2 aromatic heterocycles. The fourth-order valence-electron chi connectivity index (χ4n) is 2.10. The third-order valence-electron chi connectivity index (χ3n) is 3.02. The molecule has 0 atom stereocenters. The zero-order valence-corrected chi connectivity index (χ0v) is 10.2. The molecule has 0 aliphatic carbocycles. The van der Waals surface area contributed by atoms with Crippen molar-refractivity contribution in [2.75, 3.05) is 5.73 Å². The Morgan fingerprint density at radius 1 is 1.37 bits per heavy atom. The number of hydrogen-bond donors (Lipinski definition) is 3. The predicted molar refractivity (Wildman–Crippen MR) is 72.8 cm³/mol. The van der Waals surface area contributed by atoms with Crippen molar-refractivity contribution in [3.63, 3.8) is 0 Å². The molecule has 6 nitrogen and oxygen atoms in total. The van der Waals surface area contributed by atoms with Gasteiger partial charge in [0.15, 0.2) is 5.65 Å². The summed E-state index contributed by atoms with van der Waals surface area (Å²) in [5.41, 5.74) is 7.54. The molecular weight excluding hydrogens is 244 g/mol. The lowest BCUT2D eigenvalue weighted by Crippen LogP contribution is -2.01. The van der Waals surface area contributed by atoms with Crippen LogP contribution in [0.2, 0.25) is 0 Å². The van der Waals surface area contributed by atoms with Gasteiger partial charge in [-0.15, -0.1) is 0 Å². The summed E-state index contributed by atoms with van der Waals surface area (Å²) in [4.78, 5) is 16.0. The van der Waals surface area contributed by atoms with Crippen LogP contribution in [0.15, 0.2) is 35.1 Å². The van der Waals surface area contributed by atoms with E-state index in [2.05, 4.69) is 10.1 Å². The van der Waals surface area contributed by atoms with Crippen LogP contribution in [0.4, 0.5) is 5.69 Å². The van der Waals surface area contributed by atoms with Gasteiger partial charge in [-0.2, -0.15) is 0 Å². The van der Waals surface area contributed by atoms with Gasteiger partial charge in [0.05, 0.1) is 16.8 Å². The van der Waals surface area contributed by atoms with Crippen LogP contribution < -0.4 is 11.3 Å². The van der Waals surface area contributed by atoms with E-state index in [1.807, 2.05) is 0 Å². The largest absolute Gasteiger partial charge is 0.507 e. The molecule has 0 aliphatic rings. The summed E-state index contributed by atoms with van der Waals surface area (Å²) >= 11 is 0. The summed E-state index contributed by atoms with van der Waals surface area (Å²) in [6.07, 6.45) is 0. The lowest BCUT2D eigenvalue weighted by atomic mass is 10.1. The molecule has 3 rings (SSSR count). The van der Waals surface area contributed by atoms with Crippen LogP contribution in [0.5, 0.6) is 5.75 Å². The number of nitrogens with one attached hydrogen (secondary N) is 1. The standard InChI is InChI=1S/C13H12N4O2/c1-17-12-8(13(19)16-17)6-9(14)11(15-12)7-4-2-3-5-10(7)18/h2-6,18H,14H2,1H3,(H,16,19). The van der Waals surface area contributed by atoms with E-state index >= 15 is 0 Å². The van der Waals surface area contributed by atoms with Crippen molar-refractivity contribution in [2.45, 2.75) is 0 Å². The summed E-state index contributed by atoms with van der Waals surface area (Å²) in [6.45, 7) is 0. The Hall–Kier alpha value is -2.76. The van der Waals surface area contributed by atoms with Gasteiger partial charge in [-0.05, 0) is 18.2 Å². The smallest absolute Gasteiger partial charge is 0.273 e. The summed E-state index contributed by atoms with van der Waals surface area (Å²) in [6, 6.07) is 8.38. The number of para-hydroxylation sites is 1. The van der Waals surface area contributed by atoms with Crippen molar-refractivity contribution < 1.29 is 5.11 Å². The monoisotopic (exact) mass is 256 g/mol. The normalized spacial score (nSPS) is 11.0. The first kappa shape index (κ1) is 11.3. The number of phenolic OH excluding ortho intramolecular Hbond substituents is 1. The molecular formula is C13H12N4O2. The highest BCUT2D eigenvalue weighted by molar-refractivity contribution is 5.87. The number of benzene rings is 1. The molecule has 0 fully saturated rings. The van der Waals surface area contributed by atoms with Crippen molar-refractivity contribution >= 4 is 16.7 Å². The number of aromatic hydroxyl groups is 1. The molecule has 4 N–H and O–H groups in total. The average molecular weight is 256 g/mol. The number of rotatable bonds is 1. The topological polar surface area (TPSA) is 96.9 Å². The van der Waals surface area contributed by atoms with Gasteiger partial charge < -0.3 is 10.8 Å². The van der Waals surface area contributed by atoms with Gasteiger partial charge >= 0.3 is 0 Å². The van der Waals surface area contributed by atoms with Crippen molar-refractivity contribution in [3.05, 3.63) is 40.7 Å². The molecule has 0 spiro atoms. The number of aromatic nitrogens is 3. The van der Waals surface area contributed by atoms with Gasteiger partial charge in [-0.1, -0.05) is 12.1 Å². The van der Waals surface area contributed by atoms with Gasteiger partial charge in [0, 0.05) is 12.6 Å². The van der Waals surface area contributed by atoms with Crippen molar-refractivity contribution in [3.8, 4) is 17.0 Å². The molecule has 19 heavy (non-hydrogen) atoms. The summed E-state index contributed by atoms with van der Waals surface area (Å²) in [5.74, 6) is 0.0987. The molecule has 0 saturated heterocycles. The van der Waals surface area contributed by atoms with Gasteiger partial charge in [0.2, 0.25) is 0 Å². The Balaban J connectivity index is 2.37. The number of nitrogen functional groups attached to an aromatic ring is 1. The van der Waals surface area contributed by atoms with Gasteiger partial charge in [0.25, 0.3) is 5.56 Å². The summed E-state index contributed by atoms with van der Waals surface area (Å²) in [7, 11) is 1.70. The van der Waals surface area contributed by atoms with Crippen molar-refractivity contribution in [1.82, 2.24) is 14.8 Å². The maximum absolute atomic E-state index is 11.6. The van der Waals surface area contributed by atoms with E-state index in [9.17, 15) is 9.90 Å². The minimum Gasteiger partial charge on any atom is -0.507 e. The van der Waals surface area contributed by atoms with E-state index in [1.54, 1.807) is 37.4 Å². The van der Waals surface area contributed by atoms with E-state index in [-0.39, 0.29) is 11.3 Å². The molecule has 6 heteroatoms. The van der Waals surface area contributed by atoms with Crippen LogP contribution in [-0.4, -0.2) is 19.9 Å². The molecule has 0 amide bonds. The second-order valence-electron chi connectivity index (χ2n) is 4.31. The van der Waals surface area contributed by atoms with Gasteiger partial charge in [0.1, 0.15) is 5.75 Å². The Labute approximate surface area is 108 Å². The number of aryl methyl sites for hydroxylation is 1. The second kappa shape index (κ2) is 3.88. The SMILES string of the molecule is Cn1[nH]c(=O)c2cc(N)c(-c3ccccc3O)nc21. The quantitative estimate of drug-likeness (QED) is 0.609. The molecule has 96 valence electrons. The van der Waals surface area contributed by atoms with E-state index in [4.69, 9.17) is 5.73 Å². The number of nitrogens with zero attached hydrogens (tertiary/aromatic N) is 2. The Kier molecular flexibility index (Phi) is 2.31. The van der Waals surface area contributed by atoms with Crippen LogP contribution in [-0.2, 0) is 7.05 Å². The predicted octanol–water partition coefficient (Wildman–Crippen LogP) is 1.22. The Bertz CT molecular complexity index is 832. The lowest BCUT2D eigenvalue weighted by molar-refractivity contribution is 0.477. The highest BCUT2D eigenvalue weighted by atomic mass is 16.3. The van der Waals surface area contributed by atoms with E-state index < -0.39 is 0 Å². The minimum absolute atomic E-state index is 0.0987. The van der Waals surface area contributed by atoms with Crippen LogP contribution in [0.1, 0.15) is 0 Å². The van der Waals surface area contributed by atoms with Crippen LogP contribution in [0, 0.1) is 0 Å². The third-order valence-corrected chi connectivity index (χ3v) is 3.02. The number of nitrogens with two attached hydrogens (primary N) is 1. The number of aromatic amines is 1. The van der Waals surface area contributed by atoms with Crippen LogP contribution in [0.25, 0.3) is 22.3 Å². The fraction of sp³-hybridized carbons (Fsp3) is 0.0769. The first-order valence-electron chi connectivity index (χ1n) is 5.71. The third kappa shape index (κ3) is 1.65. The Morgan fingerprint density at radius 3 is 2.84 bits per heavy atom. The summed E-state index contributed by atoms with van der Waals surface area (Å²) < 4.78 is 1.53. The fourth-order valence-corrected chi connectivity index (χ4v) is 2.10. The number of phenols is 1. The van der Waals surface area contributed by atoms with Gasteiger partial charge in [-0.25, -0.2) is 4.98 Å². The molecule has 0 bridgehead atoms. The molecule has 2 heterocycles. The first-order chi connectivity index (χ1) is 9.08. The number of H-pyrrole nitrogens is 1. The first-order valence-corrected chi connectivity index (χ1v) is 5.71. The number of fused-ring (bicyclic) bond motifs is 1. The van der Waals surface area contributed by atoms with Crippen molar-refractivity contribution in [1.29, 1.82) is 0 Å². The zero-order valence-electron chi connectivity index (χ0n) is 10.2. The molecule has 0 radical (unpaired) electrons. The van der Waals surface area contributed by atoms with Gasteiger partial charge in [-0.3, -0.25) is 14.6 Å². The van der Waals surface area contributed by atoms with E-state index in [0.29, 0.717) is 28.0 Å². The number of anilines is 1. The molecule has 3 aromatic rings. The lowest BCUT2D eigenvalue weighted by Gasteiger charge is -2.07. The highest BCUT2D eigenvalue weighted by Gasteiger charge is 2.14. The zero-order chi connectivity index (χ0) is 13.6. The van der Waals surface area contributed by atoms with Crippen LogP contribution in [0.3, 0.4) is 0 Å². The van der Waals surface area contributed by atoms with E-state index in [1.165, 1.54) is 4.68 Å². The molecule has 0 saturated carbocycles. The maximum atomic E-state index is 11.6.